The Morgan fingerprint density at radius 2 is 1.89 bits per heavy atom. The van der Waals surface area contributed by atoms with Crippen LogP contribution in [0, 0.1) is 5.92 Å². The van der Waals surface area contributed by atoms with Crippen molar-refractivity contribution >= 4 is 5.69 Å². The highest BCUT2D eigenvalue weighted by atomic mass is 19.4. The molecule has 0 saturated carbocycles. The smallest absolute Gasteiger partial charge is 0.399 e. The third kappa shape index (κ3) is 3.62. The van der Waals surface area contributed by atoms with Gasteiger partial charge in [-0.25, -0.2) is 0 Å². The number of anilines is 1. The molecule has 1 heterocycles. The van der Waals surface area contributed by atoms with Crippen LogP contribution in [-0.2, 0) is 12.6 Å². The molecular formula is C14H19F3N2. The minimum absolute atomic E-state index is 0.166. The number of hydrogen-bond acceptors (Lipinski definition) is 2. The topological polar surface area (TPSA) is 29.3 Å². The Labute approximate surface area is 111 Å². The summed E-state index contributed by atoms with van der Waals surface area (Å²) in [6, 6.07) is 4.13. The minimum Gasteiger partial charge on any atom is -0.399 e. The zero-order valence-electron chi connectivity index (χ0n) is 11.0. The van der Waals surface area contributed by atoms with E-state index in [1.54, 1.807) is 6.07 Å². The summed E-state index contributed by atoms with van der Waals surface area (Å²) in [6.07, 6.45) is -1.92. The van der Waals surface area contributed by atoms with Crippen molar-refractivity contribution in [1.82, 2.24) is 4.90 Å². The largest absolute Gasteiger partial charge is 0.416 e. The molecule has 5 heteroatoms. The normalized spacial score (nSPS) is 18.7. The number of rotatable bonds is 2. The molecule has 0 amide bonds. The lowest BCUT2D eigenvalue weighted by Crippen LogP contribution is -2.31. The SMILES string of the molecule is CN1CCC(Cc2ccc(N)cc2C(F)(F)F)CC1. The lowest BCUT2D eigenvalue weighted by Gasteiger charge is -2.29. The molecule has 1 aromatic rings. The maximum atomic E-state index is 13.0. The summed E-state index contributed by atoms with van der Waals surface area (Å²) in [5, 5.41) is 0. The van der Waals surface area contributed by atoms with Gasteiger partial charge in [0.15, 0.2) is 0 Å². The van der Waals surface area contributed by atoms with E-state index in [1.165, 1.54) is 6.07 Å². The molecule has 1 aromatic carbocycles. The molecular weight excluding hydrogens is 253 g/mol. The van der Waals surface area contributed by atoms with Crippen molar-refractivity contribution in [3.63, 3.8) is 0 Å². The van der Waals surface area contributed by atoms with Crippen molar-refractivity contribution in [2.75, 3.05) is 25.9 Å². The molecule has 0 bridgehead atoms. The lowest BCUT2D eigenvalue weighted by atomic mass is 9.88. The van der Waals surface area contributed by atoms with Gasteiger partial charge in [-0.1, -0.05) is 6.07 Å². The van der Waals surface area contributed by atoms with E-state index < -0.39 is 11.7 Å². The van der Waals surface area contributed by atoms with Crippen LogP contribution in [0.2, 0.25) is 0 Å². The van der Waals surface area contributed by atoms with E-state index in [9.17, 15) is 13.2 Å². The molecule has 1 fully saturated rings. The summed E-state index contributed by atoms with van der Waals surface area (Å²) in [4.78, 5) is 2.21. The molecule has 0 radical (unpaired) electrons. The maximum absolute atomic E-state index is 13.0. The van der Waals surface area contributed by atoms with Crippen molar-refractivity contribution < 1.29 is 13.2 Å². The number of likely N-dealkylation sites (tertiary alicyclic amines) is 1. The summed E-state index contributed by atoms with van der Waals surface area (Å²) in [5.41, 5.74) is 5.43. The number of nitrogens with zero attached hydrogens (tertiary/aromatic N) is 1. The third-order valence-corrected chi connectivity index (χ3v) is 3.79. The van der Waals surface area contributed by atoms with Crippen LogP contribution in [0.1, 0.15) is 24.0 Å². The zero-order chi connectivity index (χ0) is 14.0. The molecule has 1 aliphatic rings. The Kier molecular flexibility index (Phi) is 4.04. The molecule has 106 valence electrons. The van der Waals surface area contributed by atoms with E-state index >= 15 is 0 Å². The molecule has 0 aliphatic carbocycles. The first-order chi connectivity index (χ1) is 8.86. The van der Waals surface area contributed by atoms with E-state index in [2.05, 4.69) is 4.90 Å². The summed E-state index contributed by atoms with van der Waals surface area (Å²) < 4.78 is 38.9. The highest BCUT2D eigenvalue weighted by molar-refractivity contribution is 5.46. The molecule has 1 aliphatic heterocycles. The Balaban J connectivity index is 2.16. The van der Waals surface area contributed by atoms with Crippen LogP contribution >= 0.6 is 0 Å². The van der Waals surface area contributed by atoms with Gasteiger partial charge < -0.3 is 10.6 Å². The van der Waals surface area contributed by atoms with E-state index in [0.29, 0.717) is 17.9 Å². The summed E-state index contributed by atoms with van der Waals surface area (Å²) >= 11 is 0. The predicted molar refractivity (Wildman–Crippen MR) is 69.8 cm³/mol. The predicted octanol–water partition coefficient (Wildman–Crippen LogP) is 3.17. The molecule has 0 spiro atoms. The van der Waals surface area contributed by atoms with Crippen molar-refractivity contribution in [2.45, 2.75) is 25.4 Å². The number of hydrogen-bond donors (Lipinski definition) is 1. The van der Waals surface area contributed by atoms with Gasteiger partial charge in [0.05, 0.1) is 5.56 Å². The lowest BCUT2D eigenvalue weighted by molar-refractivity contribution is -0.138. The van der Waals surface area contributed by atoms with Gasteiger partial charge in [-0.3, -0.25) is 0 Å². The van der Waals surface area contributed by atoms with E-state index in [1.807, 2.05) is 7.05 Å². The number of alkyl halides is 3. The van der Waals surface area contributed by atoms with Gasteiger partial charge in [-0.15, -0.1) is 0 Å². The molecule has 2 nitrogen and oxygen atoms in total. The average molecular weight is 272 g/mol. The van der Waals surface area contributed by atoms with Crippen molar-refractivity contribution in [1.29, 1.82) is 0 Å². The molecule has 0 unspecified atom stereocenters. The van der Waals surface area contributed by atoms with Crippen molar-refractivity contribution in [3.8, 4) is 0 Å². The van der Waals surface area contributed by atoms with Gasteiger partial charge in [-0.05, 0) is 63.0 Å². The first-order valence-electron chi connectivity index (χ1n) is 6.50. The summed E-state index contributed by atoms with van der Waals surface area (Å²) in [6.45, 7) is 1.92. The second kappa shape index (κ2) is 5.41. The molecule has 1 saturated heterocycles. The quantitative estimate of drug-likeness (QED) is 0.838. The standard InChI is InChI=1S/C14H19F3N2/c1-19-6-4-10(5-7-19)8-11-2-3-12(18)9-13(11)14(15,16)17/h2-3,9-10H,4-8,18H2,1H3. The highest BCUT2D eigenvalue weighted by Crippen LogP contribution is 2.35. The fourth-order valence-corrected chi connectivity index (χ4v) is 2.61. The Morgan fingerprint density at radius 1 is 1.26 bits per heavy atom. The number of halogens is 3. The zero-order valence-corrected chi connectivity index (χ0v) is 11.0. The molecule has 2 rings (SSSR count). The molecule has 0 aromatic heterocycles. The van der Waals surface area contributed by atoms with Crippen LogP contribution in [0.3, 0.4) is 0 Å². The van der Waals surface area contributed by atoms with Gasteiger partial charge in [0.2, 0.25) is 0 Å². The van der Waals surface area contributed by atoms with E-state index in [0.717, 1.165) is 32.0 Å². The van der Waals surface area contributed by atoms with Crippen LogP contribution in [0.5, 0.6) is 0 Å². The van der Waals surface area contributed by atoms with E-state index in [-0.39, 0.29) is 5.69 Å². The second-order valence-corrected chi connectivity index (χ2v) is 5.37. The summed E-state index contributed by atoms with van der Waals surface area (Å²) in [5.74, 6) is 0.334. The molecule has 2 N–H and O–H groups in total. The monoisotopic (exact) mass is 272 g/mol. The minimum atomic E-state index is -4.32. The Bertz CT molecular complexity index is 435. The van der Waals surface area contributed by atoms with Crippen LogP contribution in [0.15, 0.2) is 18.2 Å². The van der Waals surface area contributed by atoms with Crippen molar-refractivity contribution in [3.05, 3.63) is 29.3 Å². The molecule has 0 atom stereocenters. The number of benzene rings is 1. The maximum Gasteiger partial charge on any atom is 0.416 e. The Morgan fingerprint density at radius 3 is 2.47 bits per heavy atom. The van der Waals surface area contributed by atoms with Gasteiger partial charge >= 0.3 is 6.18 Å². The van der Waals surface area contributed by atoms with E-state index in [4.69, 9.17) is 5.73 Å². The first kappa shape index (κ1) is 14.2. The van der Waals surface area contributed by atoms with Crippen LogP contribution in [-0.4, -0.2) is 25.0 Å². The number of nitrogen functional groups attached to an aromatic ring is 1. The van der Waals surface area contributed by atoms with Gasteiger partial charge in [0.1, 0.15) is 0 Å². The fourth-order valence-electron chi connectivity index (χ4n) is 2.61. The second-order valence-electron chi connectivity index (χ2n) is 5.37. The van der Waals surface area contributed by atoms with Gasteiger partial charge in [0, 0.05) is 5.69 Å². The number of piperidine rings is 1. The van der Waals surface area contributed by atoms with Crippen LogP contribution in [0.25, 0.3) is 0 Å². The average Bonchev–Trinajstić information content (AvgIpc) is 2.33. The van der Waals surface area contributed by atoms with Crippen LogP contribution in [0.4, 0.5) is 18.9 Å². The van der Waals surface area contributed by atoms with Crippen LogP contribution < -0.4 is 5.73 Å². The third-order valence-electron chi connectivity index (χ3n) is 3.79. The van der Waals surface area contributed by atoms with Crippen molar-refractivity contribution in [2.24, 2.45) is 5.92 Å². The fraction of sp³-hybridized carbons (Fsp3) is 0.571. The Hall–Kier alpha value is -1.23. The molecule has 19 heavy (non-hydrogen) atoms. The number of nitrogens with two attached hydrogens (primary N) is 1. The van der Waals surface area contributed by atoms with Gasteiger partial charge in [0.25, 0.3) is 0 Å². The summed E-state index contributed by atoms with van der Waals surface area (Å²) in [7, 11) is 2.04. The highest BCUT2D eigenvalue weighted by Gasteiger charge is 2.34. The first-order valence-corrected chi connectivity index (χ1v) is 6.50. The van der Waals surface area contributed by atoms with Gasteiger partial charge in [-0.2, -0.15) is 13.2 Å².